The van der Waals surface area contributed by atoms with Gasteiger partial charge in [0.1, 0.15) is 0 Å². The van der Waals surface area contributed by atoms with E-state index >= 15 is 0 Å². The second-order valence-electron chi connectivity index (χ2n) is 4.92. The second-order valence-corrected chi connectivity index (χ2v) is 4.92. The lowest BCUT2D eigenvalue weighted by atomic mass is 9.97. The van der Waals surface area contributed by atoms with E-state index in [2.05, 4.69) is 18.7 Å². The molecule has 0 aliphatic carbocycles. The summed E-state index contributed by atoms with van der Waals surface area (Å²) in [5.41, 5.74) is 1.05. The number of rotatable bonds is 9. The fourth-order valence-electron chi connectivity index (χ4n) is 2.33. The Morgan fingerprint density at radius 3 is 2.35 bits per heavy atom. The lowest BCUT2D eigenvalue weighted by Crippen LogP contribution is -2.25. The van der Waals surface area contributed by atoms with Crippen LogP contribution in [-0.4, -0.2) is 37.1 Å². The van der Waals surface area contributed by atoms with Crippen LogP contribution in [0.5, 0.6) is 0 Å². The highest BCUT2D eigenvalue weighted by atomic mass is 16.5. The van der Waals surface area contributed by atoms with E-state index in [1.165, 1.54) is 0 Å². The van der Waals surface area contributed by atoms with Crippen molar-refractivity contribution >= 4 is 5.97 Å². The third kappa shape index (κ3) is 5.33. The summed E-state index contributed by atoms with van der Waals surface area (Å²) in [6.45, 7) is 9.92. The highest BCUT2D eigenvalue weighted by Gasteiger charge is 2.19. The first kappa shape index (κ1) is 16.7. The van der Waals surface area contributed by atoms with Crippen LogP contribution in [0.15, 0.2) is 30.3 Å². The standard InChI is InChI=1S/C17H27NO2/c1-4-16(15-11-8-7-9-12-15)17(19)20-14-10-13-18(5-2)6-3/h7-9,11-12,16H,4-6,10,13-14H2,1-3H3. The van der Waals surface area contributed by atoms with Gasteiger partial charge in [-0.05, 0) is 31.5 Å². The summed E-state index contributed by atoms with van der Waals surface area (Å²) < 4.78 is 5.42. The van der Waals surface area contributed by atoms with Gasteiger partial charge in [-0.2, -0.15) is 0 Å². The fraction of sp³-hybridized carbons (Fsp3) is 0.588. The summed E-state index contributed by atoms with van der Waals surface area (Å²) in [5, 5.41) is 0. The molecule has 0 aromatic heterocycles. The first-order chi connectivity index (χ1) is 9.72. The van der Waals surface area contributed by atoms with Gasteiger partial charge in [-0.1, -0.05) is 51.1 Å². The third-order valence-electron chi connectivity index (χ3n) is 3.65. The van der Waals surface area contributed by atoms with E-state index in [-0.39, 0.29) is 11.9 Å². The van der Waals surface area contributed by atoms with Crippen LogP contribution in [-0.2, 0) is 9.53 Å². The molecule has 20 heavy (non-hydrogen) atoms. The monoisotopic (exact) mass is 277 g/mol. The molecule has 1 unspecified atom stereocenters. The quantitative estimate of drug-likeness (QED) is 0.511. The van der Waals surface area contributed by atoms with Crippen LogP contribution in [0, 0.1) is 0 Å². The van der Waals surface area contributed by atoms with E-state index in [4.69, 9.17) is 4.74 Å². The maximum absolute atomic E-state index is 12.1. The number of carbonyl (C=O) groups is 1. The molecule has 0 saturated carbocycles. The van der Waals surface area contributed by atoms with Gasteiger partial charge in [-0.15, -0.1) is 0 Å². The van der Waals surface area contributed by atoms with Gasteiger partial charge in [0.15, 0.2) is 0 Å². The topological polar surface area (TPSA) is 29.5 Å². The highest BCUT2D eigenvalue weighted by Crippen LogP contribution is 2.20. The number of benzene rings is 1. The van der Waals surface area contributed by atoms with Crippen LogP contribution in [0.4, 0.5) is 0 Å². The second kappa shape index (κ2) is 9.54. The number of nitrogens with zero attached hydrogens (tertiary/aromatic N) is 1. The Bertz CT molecular complexity index is 374. The van der Waals surface area contributed by atoms with E-state index in [0.29, 0.717) is 6.61 Å². The van der Waals surface area contributed by atoms with Crippen LogP contribution in [0.2, 0.25) is 0 Å². The molecule has 0 saturated heterocycles. The minimum absolute atomic E-state index is 0.0988. The van der Waals surface area contributed by atoms with Gasteiger partial charge in [0.05, 0.1) is 12.5 Å². The Kier molecular flexibility index (Phi) is 7.97. The zero-order valence-electron chi connectivity index (χ0n) is 13.0. The number of hydrogen-bond acceptors (Lipinski definition) is 3. The first-order valence-corrected chi connectivity index (χ1v) is 7.66. The van der Waals surface area contributed by atoms with Crippen LogP contribution in [0.3, 0.4) is 0 Å². The summed E-state index contributed by atoms with van der Waals surface area (Å²) in [7, 11) is 0. The number of esters is 1. The van der Waals surface area contributed by atoms with Crippen LogP contribution in [0.1, 0.15) is 45.1 Å². The smallest absolute Gasteiger partial charge is 0.313 e. The van der Waals surface area contributed by atoms with Crippen molar-refractivity contribution in [2.45, 2.75) is 39.5 Å². The largest absolute Gasteiger partial charge is 0.465 e. The van der Waals surface area contributed by atoms with Gasteiger partial charge in [-0.25, -0.2) is 0 Å². The predicted molar refractivity (Wildman–Crippen MR) is 82.8 cm³/mol. The van der Waals surface area contributed by atoms with E-state index in [1.807, 2.05) is 37.3 Å². The molecule has 0 aliphatic heterocycles. The molecule has 1 aromatic rings. The van der Waals surface area contributed by atoms with Gasteiger partial charge in [0.2, 0.25) is 0 Å². The molecule has 3 nitrogen and oxygen atoms in total. The number of carbonyl (C=O) groups excluding carboxylic acids is 1. The summed E-state index contributed by atoms with van der Waals surface area (Å²) in [4.78, 5) is 14.5. The summed E-state index contributed by atoms with van der Waals surface area (Å²) in [6, 6.07) is 9.87. The molecule has 0 spiro atoms. The zero-order valence-corrected chi connectivity index (χ0v) is 13.0. The highest BCUT2D eigenvalue weighted by molar-refractivity contribution is 5.78. The van der Waals surface area contributed by atoms with Gasteiger partial charge < -0.3 is 9.64 Å². The molecular formula is C17H27NO2. The van der Waals surface area contributed by atoms with E-state index in [1.54, 1.807) is 0 Å². The molecule has 0 aliphatic rings. The molecular weight excluding hydrogens is 250 g/mol. The van der Waals surface area contributed by atoms with Crippen molar-refractivity contribution in [3.63, 3.8) is 0 Å². The maximum Gasteiger partial charge on any atom is 0.313 e. The average molecular weight is 277 g/mol. The average Bonchev–Trinajstić information content (AvgIpc) is 2.49. The first-order valence-electron chi connectivity index (χ1n) is 7.66. The fourth-order valence-corrected chi connectivity index (χ4v) is 2.33. The molecule has 1 atom stereocenters. The Labute approximate surface area is 122 Å². The Morgan fingerprint density at radius 1 is 1.15 bits per heavy atom. The zero-order chi connectivity index (χ0) is 14.8. The van der Waals surface area contributed by atoms with Crippen LogP contribution >= 0.6 is 0 Å². The molecule has 0 radical (unpaired) electrons. The number of ether oxygens (including phenoxy) is 1. The third-order valence-corrected chi connectivity index (χ3v) is 3.65. The Balaban J connectivity index is 2.37. The maximum atomic E-state index is 12.1. The van der Waals surface area contributed by atoms with Crippen molar-refractivity contribution in [1.82, 2.24) is 4.90 Å². The molecule has 112 valence electrons. The van der Waals surface area contributed by atoms with Crippen molar-refractivity contribution in [3.8, 4) is 0 Å². The van der Waals surface area contributed by atoms with Crippen LogP contribution in [0.25, 0.3) is 0 Å². The minimum atomic E-state index is -0.135. The van der Waals surface area contributed by atoms with E-state index in [9.17, 15) is 4.79 Å². The van der Waals surface area contributed by atoms with Crippen molar-refractivity contribution in [3.05, 3.63) is 35.9 Å². The molecule has 0 fully saturated rings. The van der Waals surface area contributed by atoms with Crippen LogP contribution < -0.4 is 0 Å². The van der Waals surface area contributed by atoms with E-state index < -0.39 is 0 Å². The molecule has 1 rings (SSSR count). The van der Waals surface area contributed by atoms with Gasteiger partial charge in [-0.3, -0.25) is 4.79 Å². The van der Waals surface area contributed by atoms with Crippen molar-refractivity contribution in [1.29, 1.82) is 0 Å². The van der Waals surface area contributed by atoms with Gasteiger partial charge in [0, 0.05) is 6.54 Å². The lowest BCUT2D eigenvalue weighted by Gasteiger charge is -2.18. The Morgan fingerprint density at radius 2 is 1.80 bits per heavy atom. The molecule has 1 aromatic carbocycles. The molecule has 0 bridgehead atoms. The summed E-state index contributed by atoms with van der Waals surface area (Å²) in [5.74, 6) is -0.233. The van der Waals surface area contributed by atoms with Crippen molar-refractivity contribution in [2.24, 2.45) is 0 Å². The predicted octanol–water partition coefficient (Wildman–Crippen LogP) is 3.46. The Hall–Kier alpha value is -1.35. The SMILES string of the molecule is CCC(C(=O)OCCCN(CC)CC)c1ccccc1. The number of hydrogen-bond donors (Lipinski definition) is 0. The minimum Gasteiger partial charge on any atom is -0.465 e. The molecule has 0 heterocycles. The van der Waals surface area contributed by atoms with Gasteiger partial charge >= 0.3 is 5.97 Å². The summed E-state index contributed by atoms with van der Waals surface area (Å²) in [6.07, 6.45) is 1.68. The summed E-state index contributed by atoms with van der Waals surface area (Å²) >= 11 is 0. The molecule has 0 amide bonds. The van der Waals surface area contributed by atoms with Crippen molar-refractivity contribution in [2.75, 3.05) is 26.2 Å². The van der Waals surface area contributed by atoms with E-state index in [0.717, 1.165) is 38.0 Å². The van der Waals surface area contributed by atoms with Crippen molar-refractivity contribution < 1.29 is 9.53 Å². The molecule has 3 heteroatoms. The normalized spacial score (nSPS) is 12.4. The molecule has 0 N–H and O–H groups in total. The van der Waals surface area contributed by atoms with Gasteiger partial charge in [0.25, 0.3) is 0 Å². The lowest BCUT2D eigenvalue weighted by molar-refractivity contribution is -0.145.